The predicted octanol–water partition coefficient (Wildman–Crippen LogP) is 1.47. The minimum absolute atomic E-state index is 0.210. The van der Waals surface area contributed by atoms with Crippen LogP contribution in [-0.2, 0) is 10.0 Å². The van der Waals surface area contributed by atoms with Crippen LogP contribution in [-0.4, -0.2) is 36.1 Å². The monoisotopic (exact) mass is 242 g/mol. The van der Waals surface area contributed by atoms with Crippen molar-refractivity contribution in [2.45, 2.75) is 25.8 Å². The summed E-state index contributed by atoms with van der Waals surface area (Å²) in [6.45, 7) is 3.01. The highest BCUT2D eigenvalue weighted by Gasteiger charge is 2.26. The quantitative estimate of drug-likeness (QED) is 0.805. The number of rotatable bonds is 3. The van der Waals surface area contributed by atoms with Gasteiger partial charge >= 0.3 is 0 Å². The summed E-state index contributed by atoms with van der Waals surface area (Å²) in [4.78, 5) is 0. The minimum atomic E-state index is -2.99. The lowest BCUT2D eigenvalue weighted by Crippen LogP contribution is -2.39. The van der Waals surface area contributed by atoms with E-state index in [-0.39, 0.29) is 5.75 Å². The van der Waals surface area contributed by atoms with Gasteiger partial charge in [0.2, 0.25) is 10.0 Å². The maximum atomic E-state index is 11.7. The van der Waals surface area contributed by atoms with E-state index in [1.54, 1.807) is 11.2 Å². The van der Waals surface area contributed by atoms with Crippen LogP contribution in [0.1, 0.15) is 25.8 Å². The fourth-order valence-corrected chi connectivity index (χ4v) is 3.32. The molecule has 0 unspecified atom stereocenters. The summed E-state index contributed by atoms with van der Waals surface area (Å²) in [6, 6.07) is 4.47. The maximum absolute atomic E-state index is 11.7. The van der Waals surface area contributed by atoms with Crippen LogP contribution in [0.2, 0.25) is 0 Å². The van der Waals surface area contributed by atoms with E-state index in [9.17, 15) is 8.42 Å². The summed E-state index contributed by atoms with van der Waals surface area (Å²) in [7, 11) is -2.99. The van der Waals surface area contributed by atoms with Gasteiger partial charge in [0, 0.05) is 31.5 Å². The van der Waals surface area contributed by atoms with Crippen molar-refractivity contribution in [3.05, 3.63) is 24.5 Å². The van der Waals surface area contributed by atoms with Crippen LogP contribution < -0.4 is 0 Å². The van der Waals surface area contributed by atoms with Gasteiger partial charge in [-0.3, -0.25) is 0 Å². The Labute approximate surface area is 96.9 Å². The van der Waals surface area contributed by atoms with Crippen LogP contribution in [0.3, 0.4) is 0 Å². The Kier molecular flexibility index (Phi) is 3.35. The van der Waals surface area contributed by atoms with Crippen molar-refractivity contribution in [3.63, 3.8) is 0 Å². The van der Waals surface area contributed by atoms with E-state index in [1.165, 1.54) is 0 Å². The molecule has 0 radical (unpaired) electrons. The zero-order valence-electron chi connectivity index (χ0n) is 9.54. The van der Waals surface area contributed by atoms with Crippen molar-refractivity contribution in [1.82, 2.24) is 8.87 Å². The Morgan fingerprint density at radius 3 is 2.25 bits per heavy atom. The van der Waals surface area contributed by atoms with Crippen LogP contribution in [0.15, 0.2) is 24.5 Å². The lowest BCUT2D eigenvalue weighted by Gasteiger charge is -2.31. The van der Waals surface area contributed by atoms with Gasteiger partial charge in [0.1, 0.15) is 0 Å². The van der Waals surface area contributed by atoms with E-state index in [4.69, 9.17) is 0 Å². The first-order valence-electron chi connectivity index (χ1n) is 5.74. The topological polar surface area (TPSA) is 42.3 Å². The average molecular weight is 242 g/mol. The summed E-state index contributed by atoms with van der Waals surface area (Å²) < 4.78 is 27.1. The van der Waals surface area contributed by atoms with Crippen molar-refractivity contribution >= 4 is 10.0 Å². The number of hydrogen-bond donors (Lipinski definition) is 0. The smallest absolute Gasteiger partial charge is 0.213 e. The molecule has 0 bridgehead atoms. The highest BCUT2D eigenvalue weighted by molar-refractivity contribution is 7.89. The van der Waals surface area contributed by atoms with E-state index < -0.39 is 10.0 Å². The van der Waals surface area contributed by atoms with Crippen molar-refractivity contribution in [1.29, 1.82) is 0 Å². The molecule has 5 heteroatoms. The van der Waals surface area contributed by atoms with Crippen molar-refractivity contribution < 1.29 is 8.42 Å². The highest BCUT2D eigenvalue weighted by atomic mass is 32.2. The molecule has 0 aliphatic carbocycles. The number of sulfonamides is 1. The minimum Gasteiger partial charge on any atom is -0.351 e. The molecule has 1 saturated heterocycles. The molecule has 1 aromatic heterocycles. The van der Waals surface area contributed by atoms with Gasteiger partial charge in [-0.2, -0.15) is 0 Å². The Balaban J connectivity index is 1.98. The second-order valence-electron chi connectivity index (χ2n) is 4.16. The molecule has 0 saturated carbocycles. The van der Waals surface area contributed by atoms with E-state index in [2.05, 4.69) is 17.0 Å². The molecule has 2 heterocycles. The summed E-state index contributed by atoms with van der Waals surface area (Å²) in [6.07, 6.45) is 5.92. The Bertz CT molecular complexity index is 417. The second-order valence-corrected chi connectivity index (χ2v) is 6.42. The molecule has 2 rings (SSSR count). The molecule has 1 aliphatic rings. The van der Waals surface area contributed by atoms with Crippen molar-refractivity contribution in [2.24, 2.45) is 0 Å². The van der Waals surface area contributed by atoms with E-state index in [0.717, 1.165) is 12.8 Å². The maximum Gasteiger partial charge on any atom is 0.213 e. The number of aromatic nitrogens is 1. The SMILES string of the molecule is CCS(=O)(=O)N1CCC(n2cccc2)CC1. The molecule has 1 aliphatic heterocycles. The molecule has 1 fully saturated rings. The first-order chi connectivity index (χ1) is 7.63. The lowest BCUT2D eigenvalue weighted by atomic mass is 10.1. The summed E-state index contributed by atoms with van der Waals surface area (Å²) in [5.74, 6) is 0.210. The van der Waals surface area contributed by atoms with Crippen LogP contribution >= 0.6 is 0 Å². The highest BCUT2D eigenvalue weighted by Crippen LogP contribution is 2.24. The molecule has 1 aromatic rings. The van der Waals surface area contributed by atoms with Gasteiger partial charge in [0.15, 0.2) is 0 Å². The van der Waals surface area contributed by atoms with Gasteiger partial charge in [-0.25, -0.2) is 12.7 Å². The van der Waals surface area contributed by atoms with Crippen LogP contribution in [0.5, 0.6) is 0 Å². The van der Waals surface area contributed by atoms with Crippen LogP contribution in [0, 0.1) is 0 Å². The predicted molar refractivity (Wildman–Crippen MR) is 63.7 cm³/mol. The van der Waals surface area contributed by atoms with E-state index >= 15 is 0 Å². The van der Waals surface area contributed by atoms with Crippen LogP contribution in [0.4, 0.5) is 0 Å². The fourth-order valence-electron chi connectivity index (χ4n) is 2.19. The third-order valence-corrected chi connectivity index (χ3v) is 5.11. The van der Waals surface area contributed by atoms with Gasteiger partial charge in [-0.1, -0.05) is 0 Å². The number of nitrogens with zero attached hydrogens (tertiary/aromatic N) is 2. The molecule has 4 nitrogen and oxygen atoms in total. The molecule has 16 heavy (non-hydrogen) atoms. The van der Waals surface area contributed by atoms with Gasteiger partial charge in [-0.05, 0) is 31.9 Å². The molecule has 0 amide bonds. The summed E-state index contributed by atoms with van der Waals surface area (Å²) >= 11 is 0. The Morgan fingerprint density at radius 2 is 1.75 bits per heavy atom. The van der Waals surface area contributed by atoms with Gasteiger partial charge in [0.25, 0.3) is 0 Å². The standard InChI is InChI=1S/C11H18N2O2S/c1-2-16(14,15)13-9-5-11(6-10-13)12-7-3-4-8-12/h3-4,7-8,11H,2,5-6,9-10H2,1H3. The Morgan fingerprint density at radius 1 is 1.19 bits per heavy atom. The van der Waals surface area contributed by atoms with E-state index in [0.29, 0.717) is 19.1 Å². The first-order valence-corrected chi connectivity index (χ1v) is 7.34. The van der Waals surface area contributed by atoms with Gasteiger partial charge < -0.3 is 4.57 Å². The third-order valence-electron chi connectivity index (χ3n) is 3.23. The van der Waals surface area contributed by atoms with E-state index in [1.807, 2.05) is 12.1 Å². The lowest BCUT2D eigenvalue weighted by molar-refractivity contribution is 0.274. The zero-order valence-corrected chi connectivity index (χ0v) is 10.4. The molecular formula is C11H18N2O2S. The number of piperidine rings is 1. The van der Waals surface area contributed by atoms with Gasteiger partial charge in [-0.15, -0.1) is 0 Å². The van der Waals surface area contributed by atoms with Crippen molar-refractivity contribution in [3.8, 4) is 0 Å². The third kappa shape index (κ3) is 2.30. The molecule has 90 valence electrons. The molecule has 0 atom stereocenters. The normalized spacial score (nSPS) is 20.1. The molecule has 0 aromatic carbocycles. The van der Waals surface area contributed by atoms with Crippen LogP contribution in [0.25, 0.3) is 0 Å². The summed E-state index contributed by atoms with van der Waals surface area (Å²) in [5.41, 5.74) is 0. The largest absolute Gasteiger partial charge is 0.351 e. The molecule has 0 N–H and O–H groups in total. The van der Waals surface area contributed by atoms with Crippen molar-refractivity contribution in [2.75, 3.05) is 18.8 Å². The zero-order chi connectivity index (χ0) is 11.6. The molecule has 0 spiro atoms. The first kappa shape index (κ1) is 11.7. The fraction of sp³-hybridized carbons (Fsp3) is 0.636. The average Bonchev–Trinajstić information content (AvgIpc) is 2.83. The molecular weight excluding hydrogens is 224 g/mol. The Hall–Kier alpha value is -0.810. The summed E-state index contributed by atoms with van der Waals surface area (Å²) in [5, 5.41) is 0. The second kappa shape index (κ2) is 4.59. The van der Waals surface area contributed by atoms with Gasteiger partial charge in [0.05, 0.1) is 5.75 Å². The number of hydrogen-bond acceptors (Lipinski definition) is 2.